The number of fused-ring (bicyclic) bond motifs is 6. The third-order valence-corrected chi connectivity index (χ3v) is 6.85. The van der Waals surface area contributed by atoms with Crippen LogP contribution in [-0.4, -0.2) is 21.4 Å². The zero-order valence-corrected chi connectivity index (χ0v) is 19.6. The molecule has 174 valence electrons. The van der Waals surface area contributed by atoms with Gasteiger partial charge < -0.3 is 9.64 Å². The molecule has 0 N–H and O–H groups in total. The monoisotopic (exact) mass is 470 g/mol. The highest BCUT2D eigenvalue weighted by Crippen LogP contribution is 2.50. The highest BCUT2D eigenvalue weighted by atomic mass is 16.5. The largest absolute Gasteiger partial charge is 0.436 e. The maximum Gasteiger partial charge on any atom is 0.299 e. The van der Waals surface area contributed by atoms with Crippen molar-refractivity contribution in [3.8, 4) is 0 Å². The molecule has 1 amide bonds. The summed E-state index contributed by atoms with van der Waals surface area (Å²) in [5, 5.41) is 0. The van der Waals surface area contributed by atoms with E-state index in [1.54, 1.807) is 0 Å². The van der Waals surface area contributed by atoms with E-state index >= 15 is 0 Å². The molecule has 1 aromatic heterocycles. The first-order valence-electron chi connectivity index (χ1n) is 11.9. The zero-order chi connectivity index (χ0) is 24.3. The molecule has 1 spiro atoms. The van der Waals surface area contributed by atoms with Gasteiger partial charge in [0.2, 0.25) is 11.8 Å². The van der Waals surface area contributed by atoms with Gasteiger partial charge in [0, 0.05) is 5.56 Å². The Balaban J connectivity index is 1.51. The average molecular weight is 471 g/mol. The van der Waals surface area contributed by atoms with Crippen LogP contribution in [0.25, 0.3) is 11.0 Å². The number of hydrogen-bond donors (Lipinski definition) is 0. The summed E-state index contributed by atoms with van der Waals surface area (Å²) in [7, 11) is 0. The predicted octanol–water partition coefficient (Wildman–Crippen LogP) is 5.70. The van der Waals surface area contributed by atoms with Crippen LogP contribution in [-0.2, 0) is 21.8 Å². The van der Waals surface area contributed by atoms with E-state index in [0.717, 1.165) is 39.0 Å². The van der Waals surface area contributed by atoms with E-state index in [0.29, 0.717) is 18.4 Å². The fraction of sp³-hybridized carbons (Fsp3) is 0.100. The van der Waals surface area contributed by atoms with Gasteiger partial charge in [-0.25, -0.2) is 4.98 Å². The first kappa shape index (κ1) is 20.6. The molecule has 0 aliphatic carbocycles. The van der Waals surface area contributed by atoms with Crippen LogP contribution in [0.2, 0.25) is 0 Å². The molecule has 5 aromatic rings. The Morgan fingerprint density at radius 1 is 0.861 bits per heavy atom. The second kappa shape index (κ2) is 7.65. The maximum absolute atomic E-state index is 14.6. The number of rotatable bonds is 3. The number of carbonyl (C=O) groups is 1. The molecule has 0 radical (unpaired) electrons. The normalized spacial score (nSPS) is 18.2. The molecule has 2 aliphatic rings. The average Bonchev–Trinajstić information content (AvgIpc) is 3.40. The predicted molar refractivity (Wildman–Crippen MR) is 139 cm³/mol. The molecule has 0 fully saturated rings. The number of para-hydroxylation sites is 2. The topological polar surface area (TPSA) is 59.7 Å². The zero-order valence-electron chi connectivity index (χ0n) is 19.6. The standard InChI is InChI=1S/C30H22N4O2/c1-20-16-17-25-23(18-20)30(28(35)33(25)19-21-10-4-2-5-11-21)34-26-15-9-8-14-24(26)31-29(34)32-27(36-30)22-12-6-3-7-13-22/h2-18H,19H2,1H3/t30-/m1/s1. The molecule has 2 aliphatic heterocycles. The lowest BCUT2D eigenvalue weighted by molar-refractivity contribution is -0.137. The quantitative estimate of drug-likeness (QED) is 0.340. The molecule has 6 heteroatoms. The lowest BCUT2D eigenvalue weighted by Crippen LogP contribution is -2.50. The molecule has 6 nitrogen and oxygen atoms in total. The van der Waals surface area contributed by atoms with Crippen molar-refractivity contribution in [3.63, 3.8) is 0 Å². The second-order valence-electron chi connectivity index (χ2n) is 9.16. The highest BCUT2D eigenvalue weighted by Gasteiger charge is 2.58. The number of hydrogen-bond acceptors (Lipinski definition) is 4. The number of anilines is 1. The highest BCUT2D eigenvalue weighted by molar-refractivity contribution is 6.11. The first-order chi connectivity index (χ1) is 17.6. The lowest BCUT2D eigenvalue weighted by atomic mass is 10.00. The van der Waals surface area contributed by atoms with Gasteiger partial charge in [-0.15, -0.1) is 0 Å². The minimum Gasteiger partial charge on any atom is -0.436 e. The third kappa shape index (κ3) is 2.88. The molecule has 0 saturated carbocycles. The van der Waals surface area contributed by atoms with Crippen molar-refractivity contribution in [2.45, 2.75) is 19.2 Å². The molecule has 1 atom stereocenters. The van der Waals surface area contributed by atoms with Gasteiger partial charge in [-0.1, -0.05) is 72.3 Å². The van der Waals surface area contributed by atoms with Gasteiger partial charge in [-0.3, -0.25) is 9.36 Å². The van der Waals surface area contributed by atoms with E-state index in [4.69, 9.17) is 14.7 Å². The van der Waals surface area contributed by atoms with Crippen LogP contribution < -0.4 is 4.90 Å². The van der Waals surface area contributed by atoms with Gasteiger partial charge in [-0.05, 0) is 48.9 Å². The number of aliphatic imine (C=N–C) groups is 1. The lowest BCUT2D eigenvalue weighted by Gasteiger charge is -2.35. The maximum atomic E-state index is 14.6. The van der Waals surface area contributed by atoms with Crippen LogP contribution in [0.15, 0.2) is 108 Å². The fourth-order valence-corrected chi connectivity index (χ4v) is 5.20. The van der Waals surface area contributed by atoms with Gasteiger partial charge in [-0.2, -0.15) is 4.99 Å². The van der Waals surface area contributed by atoms with Crippen molar-refractivity contribution >= 4 is 34.5 Å². The van der Waals surface area contributed by atoms with E-state index in [2.05, 4.69) is 0 Å². The smallest absolute Gasteiger partial charge is 0.299 e. The minimum atomic E-state index is -1.46. The summed E-state index contributed by atoms with van der Waals surface area (Å²) in [6, 6.07) is 33.6. The SMILES string of the molecule is Cc1ccc2c(c1)[C@@]1(OC(c3ccccc3)=Nc3nc4ccccc4n31)C(=O)N2Cc1ccccc1. The van der Waals surface area contributed by atoms with Crippen LogP contribution in [0.4, 0.5) is 11.6 Å². The van der Waals surface area contributed by atoms with Gasteiger partial charge in [0.15, 0.2) is 0 Å². The van der Waals surface area contributed by atoms with E-state index < -0.39 is 5.72 Å². The van der Waals surface area contributed by atoms with Crippen molar-refractivity contribution in [1.82, 2.24) is 9.55 Å². The number of nitrogens with zero attached hydrogens (tertiary/aromatic N) is 4. The molecular weight excluding hydrogens is 448 g/mol. The van der Waals surface area contributed by atoms with Crippen molar-refractivity contribution in [2.24, 2.45) is 4.99 Å². The van der Waals surface area contributed by atoms with Crippen molar-refractivity contribution in [2.75, 3.05) is 4.90 Å². The van der Waals surface area contributed by atoms with E-state index in [1.165, 1.54) is 0 Å². The van der Waals surface area contributed by atoms with Gasteiger partial charge in [0.25, 0.3) is 11.6 Å². The van der Waals surface area contributed by atoms with Gasteiger partial charge >= 0.3 is 0 Å². The summed E-state index contributed by atoms with van der Waals surface area (Å²) in [5.41, 5.74) is 4.58. The third-order valence-electron chi connectivity index (χ3n) is 6.85. The Hall–Kier alpha value is -4.71. The number of ether oxygens (including phenoxy) is 1. The molecular formula is C30H22N4O2. The number of amides is 1. The molecule has 4 aromatic carbocycles. The molecule has 7 rings (SSSR count). The van der Waals surface area contributed by atoms with Crippen LogP contribution >= 0.6 is 0 Å². The minimum absolute atomic E-state index is 0.167. The van der Waals surface area contributed by atoms with Crippen LogP contribution in [0.1, 0.15) is 22.3 Å². The molecule has 36 heavy (non-hydrogen) atoms. The Labute approximate surface area is 208 Å². The number of aromatic nitrogens is 2. The fourth-order valence-electron chi connectivity index (χ4n) is 5.20. The number of aryl methyl sites for hydroxylation is 1. The summed E-state index contributed by atoms with van der Waals surface area (Å²) in [5.74, 6) is 0.657. The summed E-state index contributed by atoms with van der Waals surface area (Å²) in [6.45, 7) is 2.46. The van der Waals surface area contributed by atoms with Gasteiger partial charge in [0.05, 0.1) is 28.8 Å². The van der Waals surface area contributed by atoms with Crippen LogP contribution in [0.5, 0.6) is 0 Å². The first-order valence-corrected chi connectivity index (χ1v) is 11.9. The Kier molecular flexibility index (Phi) is 4.39. The Morgan fingerprint density at radius 2 is 1.58 bits per heavy atom. The second-order valence-corrected chi connectivity index (χ2v) is 9.16. The molecule has 3 heterocycles. The van der Waals surface area contributed by atoms with Crippen LogP contribution in [0.3, 0.4) is 0 Å². The van der Waals surface area contributed by atoms with E-state index in [1.807, 2.05) is 120 Å². The Bertz CT molecular complexity index is 1670. The molecule has 0 saturated heterocycles. The van der Waals surface area contributed by atoms with Crippen LogP contribution in [0, 0.1) is 6.92 Å². The van der Waals surface area contributed by atoms with E-state index in [9.17, 15) is 4.79 Å². The number of carbonyl (C=O) groups excluding carboxylic acids is 1. The molecule has 0 bridgehead atoms. The van der Waals surface area contributed by atoms with Crippen molar-refractivity contribution in [3.05, 3.63) is 125 Å². The van der Waals surface area contributed by atoms with Gasteiger partial charge in [0.1, 0.15) is 0 Å². The Morgan fingerprint density at radius 3 is 2.39 bits per heavy atom. The summed E-state index contributed by atoms with van der Waals surface area (Å²) < 4.78 is 8.62. The van der Waals surface area contributed by atoms with E-state index in [-0.39, 0.29) is 5.91 Å². The summed E-state index contributed by atoms with van der Waals surface area (Å²) >= 11 is 0. The molecule has 0 unspecified atom stereocenters. The summed E-state index contributed by atoms with van der Waals surface area (Å²) in [4.78, 5) is 26.0. The number of benzene rings is 4. The van der Waals surface area contributed by atoms with Crippen molar-refractivity contribution in [1.29, 1.82) is 0 Å². The number of imidazole rings is 1. The van der Waals surface area contributed by atoms with Crippen molar-refractivity contribution < 1.29 is 9.53 Å². The summed E-state index contributed by atoms with van der Waals surface area (Å²) in [6.07, 6.45) is 0.